The number of rotatable bonds is 3. The van der Waals surface area contributed by atoms with Gasteiger partial charge in [-0.1, -0.05) is 62.0 Å². The Kier molecular flexibility index (Phi) is 13.9. The minimum Gasteiger partial charge on any atom is -1.00 e. The van der Waals surface area contributed by atoms with Crippen molar-refractivity contribution in [1.29, 1.82) is 0 Å². The van der Waals surface area contributed by atoms with Gasteiger partial charge in [0, 0.05) is 0 Å². The van der Waals surface area contributed by atoms with Crippen LogP contribution >= 0.6 is 0 Å². The summed E-state index contributed by atoms with van der Waals surface area (Å²) in [5.41, 5.74) is 1.46. The summed E-state index contributed by atoms with van der Waals surface area (Å²) < 4.78 is 0. The first-order valence-electron chi connectivity index (χ1n) is 5.96. The van der Waals surface area contributed by atoms with Gasteiger partial charge in [0.15, 0.2) is 0 Å². The van der Waals surface area contributed by atoms with Crippen LogP contribution in [-0.4, -0.2) is 8.07 Å². The van der Waals surface area contributed by atoms with Crippen LogP contribution in [0, 0.1) is 0 Å². The number of hydrogen-bond acceptors (Lipinski definition) is 0. The molecule has 0 fully saturated rings. The molecule has 0 unspecified atom stereocenters. The van der Waals surface area contributed by atoms with Crippen LogP contribution in [0.5, 0.6) is 0 Å². The van der Waals surface area contributed by atoms with Crippen molar-refractivity contribution in [3.63, 3.8) is 0 Å². The summed E-state index contributed by atoms with van der Waals surface area (Å²) >= 11 is 0. The van der Waals surface area contributed by atoms with E-state index in [0.29, 0.717) is 0 Å². The SMILES string of the molecule is CCc1cc[c-]([Si](C)(C)c2ccccc2)c1.[Cl-].[Cl-].[Cl-].[Ti+4]. The third-order valence-corrected chi connectivity index (χ3v) is 6.97. The summed E-state index contributed by atoms with van der Waals surface area (Å²) in [6, 6.07) is 17.9. The van der Waals surface area contributed by atoms with Crippen molar-refractivity contribution in [2.75, 3.05) is 0 Å². The first-order chi connectivity index (χ1) is 7.64. The number of aryl methyl sites for hydroxylation is 1. The van der Waals surface area contributed by atoms with E-state index in [1.54, 1.807) is 5.19 Å². The number of halogens is 3. The van der Waals surface area contributed by atoms with Crippen LogP contribution in [0.15, 0.2) is 48.5 Å². The molecule has 0 heterocycles. The van der Waals surface area contributed by atoms with Gasteiger partial charge in [-0.2, -0.15) is 22.9 Å². The quantitative estimate of drug-likeness (QED) is 0.367. The van der Waals surface area contributed by atoms with Crippen LogP contribution in [0.25, 0.3) is 0 Å². The fraction of sp³-hybridized carbons (Fsp3) is 0.267. The molecular weight excluding hydrogens is 362 g/mol. The largest absolute Gasteiger partial charge is 4.00 e. The molecule has 5 heteroatoms. The van der Waals surface area contributed by atoms with Gasteiger partial charge in [0.05, 0.1) is 8.07 Å². The third-order valence-electron chi connectivity index (χ3n) is 3.44. The van der Waals surface area contributed by atoms with E-state index in [2.05, 4.69) is 68.5 Å². The molecule has 20 heavy (non-hydrogen) atoms. The Bertz CT molecular complexity index is 469. The average Bonchev–Trinajstić information content (AvgIpc) is 2.79. The van der Waals surface area contributed by atoms with Crippen molar-refractivity contribution in [1.82, 2.24) is 0 Å². The van der Waals surface area contributed by atoms with Gasteiger partial charge in [-0.15, -0.1) is 0 Å². The predicted molar refractivity (Wildman–Crippen MR) is 74.6 cm³/mol. The van der Waals surface area contributed by atoms with Gasteiger partial charge in [0.2, 0.25) is 0 Å². The zero-order valence-corrected chi connectivity index (χ0v) is 16.8. The molecule has 0 amide bonds. The second kappa shape index (κ2) is 11.0. The Hall–Kier alpha value is 0.371. The van der Waals surface area contributed by atoms with Crippen LogP contribution < -0.4 is 47.6 Å². The van der Waals surface area contributed by atoms with E-state index in [1.165, 1.54) is 10.8 Å². The van der Waals surface area contributed by atoms with Crippen molar-refractivity contribution < 1.29 is 58.9 Å². The summed E-state index contributed by atoms with van der Waals surface area (Å²) in [6.07, 6.45) is 1.14. The van der Waals surface area contributed by atoms with Crippen LogP contribution in [0.2, 0.25) is 13.1 Å². The topological polar surface area (TPSA) is 0 Å². The fourth-order valence-electron chi connectivity index (χ4n) is 2.12. The van der Waals surface area contributed by atoms with Crippen LogP contribution in [-0.2, 0) is 28.1 Å². The summed E-state index contributed by atoms with van der Waals surface area (Å²) in [7, 11) is -1.45. The molecule has 0 spiro atoms. The van der Waals surface area contributed by atoms with E-state index in [9.17, 15) is 0 Å². The monoisotopic (exact) mass is 380 g/mol. The Morgan fingerprint density at radius 1 is 0.950 bits per heavy atom. The van der Waals surface area contributed by atoms with Crippen LogP contribution in [0.1, 0.15) is 12.5 Å². The molecule has 0 nitrogen and oxygen atoms in total. The number of benzene rings is 1. The van der Waals surface area contributed by atoms with E-state index in [1.807, 2.05) is 0 Å². The van der Waals surface area contributed by atoms with E-state index in [0.717, 1.165) is 6.42 Å². The maximum atomic E-state index is 2.43. The molecule has 0 saturated carbocycles. The molecule has 0 atom stereocenters. The smallest absolute Gasteiger partial charge is 1.00 e. The molecular formula is C15H19Cl3SiTi. The van der Waals surface area contributed by atoms with E-state index < -0.39 is 8.07 Å². The van der Waals surface area contributed by atoms with Gasteiger partial charge in [0.25, 0.3) is 0 Å². The number of hydrogen-bond donors (Lipinski definition) is 0. The van der Waals surface area contributed by atoms with Crippen molar-refractivity contribution in [3.8, 4) is 0 Å². The standard InChI is InChI=1S/C15H19Si.3ClH.Ti/c1-4-13-10-11-15(12-13)16(2,3)14-8-6-5-7-9-14;;;;/h5-12H,4H2,1-3H3;3*1H;/q-1;;;;+4/p-3. The third kappa shape index (κ3) is 5.63. The zero-order chi connectivity index (χ0) is 11.6. The maximum Gasteiger partial charge on any atom is 4.00 e. The minimum atomic E-state index is -1.45. The normalized spacial score (nSPS) is 9.35. The first kappa shape index (κ1) is 25.3. The van der Waals surface area contributed by atoms with Gasteiger partial charge < -0.3 is 37.2 Å². The van der Waals surface area contributed by atoms with Gasteiger partial charge in [0.1, 0.15) is 0 Å². The molecule has 2 aromatic carbocycles. The molecule has 0 radical (unpaired) electrons. The maximum absolute atomic E-state index is 2.43. The summed E-state index contributed by atoms with van der Waals surface area (Å²) in [5.74, 6) is 0. The second-order valence-corrected chi connectivity index (χ2v) is 9.26. The Labute approximate surface area is 157 Å². The Morgan fingerprint density at radius 2 is 1.50 bits per heavy atom. The van der Waals surface area contributed by atoms with E-state index >= 15 is 0 Å². The van der Waals surface area contributed by atoms with Gasteiger partial charge >= 0.3 is 21.7 Å². The second-order valence-electron chi connectivity index (χ2n) is 4.85. The molecule has 0 aliphatic rings. The van der Waals surface area contributed by atoms with Crippen molar-refractivity contribution in [2.24, 2.45) is 0 Å². The molecule has 0 aliphatic carbocycles. The molecule has 2 aromatic rings. The average molecular weight is 382 g/mol. The first-order valence-corrected chi connectivity index (χ1v) is 8.96. The molecule has 2 rings (SSSR count). The van der Waals surface area contributed by atoms with Gasteiger partial charge in [-0.3, -0.25) is 0 Å². The molecule has 0 bridgehead atoms. The predicted octanol–water partition coefficient (Wildman–Crippen LogP) is -6.20. The van der Waals surface area contributed by atoms with Crippen LogP contribution in [0.3, 0.4) is 0 Å². The molecule has 0 N–H and O–H groups in total. The molecule has 0 saturated heterocycles. The van der Waals surface area contributed by atoms with Crippen molar-refractivity contribution in [2.45, 2.75) is 26.4 Å². The van der Waals surface area contributed by atoms with E-state index in [4.69, 9.17) is 0 Å². The molecule has 108 valence electrons. The van der Waals surface area contributed by atoms with E-state index in [-0.39, 0.29) is 58.9 Å². The van der Waals surface area contributed by atoms with Crippen molar-refractivity contribution in [3.05, 3.63) is 54.1 Å². The van der Waals surface area contributed by atoms with Gasteiger partial charge in [-0.25, -0.2) is 6.07 Å². The summed E-state index contributed by atoms with van der Waals surface area (Å²) in [6.45, 7) is 7.07. The summed E-state index contributed by atoms with van der Waals surface area (Å²) in [4.78, 5) is 0. The van der Waals surface area contributed by atoms with Crippen molar-refractivity contribution >= 4 is 18.4 Å². The van der Waals surface area contributed by atoms with Gasteiger partial charge in [-0.05, 0) is 0 Å². The summed E-state index contributed by atoms with van der Waals surface area (Å²) in [5, 5.41) is 3.07. The minimum absolute atomic E-state index is 0. The van der Waals surface area contributed by atoms with Crippen LogP contribution in [0.4, 0.5) is 0 Å². The Morgan fingerprint density at radius 3 is 1.95 bits per heavy atom. The zero-order valence-electron chi connectivity index (χ0n) is 12.0. The Balaban J connectivity index is -0.000000722. The molecule has 0 aliphatic heterocycles. The molecule has 0 aromatic heterocycles. The fourth-order valence-corrected chi connectivity index (χ4v) is 4.53.